The van der Waals surface area contributed by atoms with Gasteiger partial charge in [-0.15, -0.1) is 8.58 Å². The molecule has 0 saturated heterocycles. The second kappa shape index (κ2) is 4.39. The molecule has 0 spiro atoms. The molecule has 0 aromatic carbocycles. The molecule has 3 unspecified atom stereocenters. The predicted octanol–water partition coefficient (Wildman–Crippen LogP) is 3.21. The molecular weight excluding hydrogens is 170 g/mol. The van der Waals surface area contributed by atoms with E-state index in [0.29, 0.717) is 0 Å². The van der Waals surface area contributed by atoms with Crippen molar-refractivity contribution in [1.82, 2.24) is 0 Å². The molecule has 1 aliphatic carbocycles. The topological polar surface area (TPSA) is 0 Å². The van der Waals surface area contributed by atoms with Crippen LogP contribution in [0, 0.1) is 0 Å². The number of rotatable bonds is 3. The highest BCUT2D eigenvalue weighted by Gasteiger charge is 2.13. The van der Waals surface area contributed by atoms with E-state index in [0.717, 1.165) is 22.8 Å². The van der Waals surface area contributed by atoms with Crippen molar-refractivity contribution in [2.75, 3.05) is 13.3 Å². The minimum Gasteiger partial charge on any atom is -0.118 e. The van der Waals surface area contributed by atoms with E-state index in [-0.39, 0.29) is 0 Å². The van der Waals surface area contributed by atoms with Gasteiger partial charge in [-0.1, -0.05) is 27.7 Å². The molecule has 0 aromatic rings. The molecule has 11 heavy (non-hydrogen) atoms. The highest BCUT2D eigenvalue weighted by Crippen LogP contribution is 2.38. The maximum absolute atomic E-state index is 2.40. The molecular formula is C9H16P2. The lowest BCUT2D eigenvalue weighted by Crippen LogP contribution is -1.97. The zero-order chi connectivity index (χ0) is 8.27. The van der Waals surface area contributed by atoms with Gasteiger partial charge >= 0.3 is 0 Å². The number of hydrogen-bond donors (Lipinski definition) is 0. The molecule has 0 radical (unpaired) electrons. The van der Waals surface area contributed by atoms with Crippen LogP contribution in [0.3, 0.4) is 0 Å². The van der Waals surface area contributed by atoms with E-state index in [4.69, 9.17) is 0 Å². The first kappa shape index (κ1) is 9.43. The van der Waals surface area contributed by atoms with Gasteiger partial charge in [-0.25, -0.2) is 0 Å². The molecule has 1 rings (SSSR count). The number of allylic oxidation sites excluding steroid dienone is 4. The third-order valence-electron chi connectivity index (χ3n) is 2.14. The van der Waals surface area contributed by atoms with E-state index >= 15 is 0 Å². The van der Waals surface area contributed by atoms with E-state index in [1.807, 2.05) is 0 Å². The summed E-state index contributed by atoms with van der Waals surface area (Å²) in [5.41, 5.74) is 2.43. The molecule has 0 nitrogen and oxygen atoms in total. The molecule has 0 saturated carbocycles. The monoisotopic (exact) mass is 186 g/mol. The lowest BCUT2D eigenvalue weighted by molar-refractivity contribution is 1.16. The summed E-state index contributed by atoms with van der Waals surface area (Å²) >= 11 is 0. The van der Waals surface area contributed by atoms with Gasteiger partial charge in [0.2, 0.25) is 0 Å². The molecule has 3 atom stereocenters. The second-order valence-electron chi connectivity index (χ2n) is 2.77. The van der Waals surface area contributed by atoms with Crippen LogP contribution in [0.2, 0.25) is 0 Å². The van der Waals surface area contributed by atoms with Crippen molar-refractivity contribution in [2.24, 2.45) is 0 Å². The Balaban J connectivity index is 2.65. The van der Waals surface area contributed by atoms with Crippen molar-refractivity contribution in [3.63, 3.8) is 0 Å². The minimum atomic E-state index is 0.802. The first-order chi connectivity index (χ1) is 5.29. The van der Waals surface area contributed by atoms with E-state index in [1.54, 1.807) is 10.9 Å². The van der Waals surface area contributed by atoms with E-state index < -0.39 is 0 Å². The normalized spacial score (nSPS) is 21.7. The summed E-state index contributed by atoms with van der Waals surface area (Å²) in [4.78, 5) is 0. The quantitative estimate of drug-likeness (QED) is 0.594. The minimum absolute atomic E-state index is 0.802. The zero-order valence-corrected chi connectivity index (χ0v) is 9.44. The van der Waals surface area contributed by atoms with E-state index in [1.165, 1.54) is 6.42 Å². The van der Waals surface area contributed by atoms with Crippen LogP contribution in [0.15, 0.2) is 23.0 Å². The second-order valence-corrected chi connectivity index (χ2v) is 5.26. The van der Waals surface area contributed by atoms with E-state index in [2.05, 4.69) is 32.4 Å². The first-order valence-electron chi connectivity index (χ1n) is 4.05. The Bertz CT molecular complexity index is 192. The van der Waals surface area contributed by atoms with Crippen LogP contribution < -0.4 is 0 Å². The SMILES string of the molecule is CPC1=CCC=C1C(C)PC. The van der Waals surface area contributed by atoms with Gasteiger partial charge in [-0.2, -0.15) is 0 Å². The van der Waals surface area contributed by atoms with Crippen LogP contribution in [-0.4, -0.2) is 19.0 Å². The van der Waals surface area contributed by atoms with Crippen molar-refractivity contribution in [1.29, 1.82) is 0 Å². The van der Waals surface area contributed by atoms with Gasteiger partial charge in [0.25, 0.3) is 0 Å². The fourth-order valence-corrected chi connectivity index (χ4v) is 3.00. The fourth-order valence-electron chi connectivity index (χ4n) is 1.34. The van der Waals surface area contributed by atoms with Crippen molar-refractivity contribution < 1.29 is 0 Å². The summed E-state index contributed by atoms with van der Waals surface area (Å²) in [5.74, 6) is 0. The summed E-state index contributed by atoms with van der Waals surface area (Å²) in [6.45, 7) is 6.90. The highest BCUT2D eigenvalue weighted by molar-refractivity contribution is 7.43. The van der Waals surface area contributed by atoms with Crippen LogP contribution in [0.5, 0.6) is 0 Å². The zero-order valence-electron chi connectivity index (χ0n) is 7.44. The average molecular weight is 186 g/mol. The average Bonchev–Trinajstić information content (AvgIpc) is 2.50. The predicted molar refractivity (Wildman–Crippen MR) is 58.7 cm³/mol. The van der Waals surface area contributed by atoms with Crippen molar-refractivity contribution in [3.8, 4) is 0 Å². The molecule has 2 heteroatoms. The largest absolute Gasteiger partial charge is 0.118 e. The van der Waals surface area contributed by atoms with Gasteiger partial charge in [0.15, 0.2) is 0 Å². The van der Waals surface area contributed by atoms with Gasteiger partial charge in [0, 0.05) is 0 Å². The lowest BCUT2D eigenvalue weighted by Gasteiger charge is -2.12. The smallest absolute Gasteiger partial charge is 0.00137 e. The fraction of sp³-hybridized carbons (Fsp3) is 0.556. The molecule has 62 valence electrons. The van der Waals surface area contributed by atoms with Gasteiger partial charge in [-0.3, -0.25) is 0 Å². The maximum atomic E-state index is 2.40. The van der Waals surface area contributed by atoms with Crippen LogP contribution in [-0.2, 0) is 0 Å². The molecule has 0 aromatic heterocycles. The Morgan fingerprint density at radius 1 is 1.36 bits per heavy atom. The van der Waals surface area contributed by atoms with Crippen LogP contribution >= 0.6 is 17.2 Å². The summed E-state index contributed by atoms with van der Waals surface area (Å²) in [5, 5.41) is 1.62. The summed E-state index contributed by atoms with van der Waals surface area (Å²) in [6.07, 6.45) is 5.96. The third-order valence-corrected chi connectivity index (χ3v) is 4.35. The Labute approximate surface area is 73.1 Å². The molecule has 1 aliphatic rings. The number of hydrogen-bond acceptors (Lipinski definition) is 0. The Morgan fingerprint density at radius 3 is 2.64 bits per heavy atom. The maximum Gasteiger partial charge on any atom is -0.00137 e. The lowest BCUT2D eigenvalue weighted by atomic mass is 10.2. The van der Waals surface area contributed by atoms with Crippen LogP contribution in [0.1, 0.15) is 13.3 Å². The Hall–Kier alpha value is 0.340. The third kappa shape index (κ3) is 2.14. The van der Waals surface area contributed by atoms with Gasteiger partial charge < -0.3 is 0 Å². The van der Waals surface area contributed by atoms with Crippen LogP contribution in [0.4, 0.5) is 0 Å². The molecule has 0 aliphatic heterocycles. The van der Waals surface area contributed by atoms with Crippen molar-refractivity contribution in [3.05, 3.63) is 23.0 Å². The molecule has 0 heterocycles. The van der Waals surface area contributed by atoms with E-state index in [9.17, 15) is 0 Å². The van der Waals surface area contributed by atoms with Crippen molar-refractivity contribution >= 4 is 17.2 Å². The summed E-state index contributed by atoms with van der Waals surface area (Å²) in [7, 11) is 2.03. The van der Waals surface area contributed by atoms with Gasteiger partial charge in [-0.05, 0) is 36.3 Å². The Kier molecular flexibility index (Phi) is 3.76. The highest BCUT2D eigenvalue weighted by atomic mass is 31.1. The summed E-state index contributed by atoms with van der Waals surface area (Å²) in [6, 6.07) is 0. The van der Waals surface area contributed by atoms with Gasteiger partial charge in [0.1, 0.15) is 0 Å². The molecule has 0 amide bonds. The van der Waals surface area contributed by atoms with Crippen LogP contribution in [0.25, 0.3) is 0 Å². The summed E-state index contributed by atoms with van der Waals surface area (Å²) < 4.78 is 0. The molecule has 0 fully saturated rings. The Morgan fingerprint density at radius 2 is 2.09 bits per heavy atom. The first-order valence-corrected chi connectivity index (χ1v) is 7.13. The molecule has 0 bridgehead atoms. The van der Waals surface area contributed by atoms with Gasteiger partial charge in [0.05, 0.1) is 0 Å². The standard InChI is InChI=1S/C9H16P2/c1-7(10-2)8-5-4-6-9(8)11-3/h5-7,10-11H,4H2,1-3H3. The van der Waals surface area contributed by atoms with Crippen molar-refractivity contribution in [2.45, 2.75) is 19.0 Å². The molecule has 0 N–H and O–H groups in total.